The number of piperazine rings is 1. The zero-order chi connectivity index (χ0) is 28.1. The van der Waals surface area contributed by atoms with Crippen molar-refractivity contribution in [1.82, 2.24) is 20.0 Å². The molecule has 7 nitrogen and oxygen atoms in total. The summed E-state index contributed by atoms with van der Waals surface area (Å²) < 4.78 is 0. The summed E-state index contributed by atoms with van der Waals surface area (Å²) in [6, 6.07) is 29.4. The van der Waals surface area contributed by atoms with Gasteiger partial charge in [0.1, 0.15) is 6.54 Å². The first kappa shape index (κ1) is 27.1. The van der Waals surface area contributed by atoms with Crippen LogP contribution in [0.4, 0.5) is 5.82 Å². The van der Waals surface area contributed by atoms with Crippen LogP contribution in [-0.2, 0) is 4.79 Å². The van der Waals surface area contributed by atoms with E-state index in [1.807, 2.05) is 85.5 Å². The molecule has 40 heavy (non-hydrogen) atoms. The fourth-order valence-corrected chi connectivity index (χ4v) is 5.07. The van der Waals surface area contributed by atoms with Crippen LogP contribution in [0.15, 0.2) is 91.0 Å². The molecule has 1 aromatic heterocycles. The molecular weight excluding hydrogens is 498 g/mol. The molecule has 1 aliphatic rings. The lowest BCUT2D eigenvalue weighted by molar-refractivity contribution is -0.132. The Labute approximate surface area is 236 Å². The molecule has 3 aromatic carbocycles. The van der Waals surface area contributed by atoms with Crippen molar-refractivity contribution in [2.75, 3.05) is 37.6 Å². The Morgan fingerprint density at radius 2 is 1.48 bits per heavy atom. The van der Waals surface area contributed by atoms with Gasteiger partial charge in [0, 0.05) is 37.3 Å². The molecule has 0 spiro atoms. The van der Waals surface area contributed by atoms with Crippen molar-refractivity contribution < 1.29 is 9.59 Å². The molecule has 1 unspecified atom stereocenters. The summed E-state index contributed by atoms with van der Waals surface area (Å²) in [5, 5.41) is 8.90. The Morgan fingerprint density at radius 1 is 0.800 bits per heavy atom. The van der Waals surface area contributed by atoms with Gasteiger partial charge in [-0.05, 0) is 50.1 Å². The van der Waals surface area contributed by atoms with Gasteiger partial charge in [0.05, 0.1) is 11.7 Å². The third kappa shape index (κ3) is 6.04. The minimum absolute atomic E-state index is 0.0221. The van der Waals surface area contributed by atoms with Crippen LogP contribution in [0, 0.1) is 13.8 Å². The maximum Gasteiger partial charge on any atom is 0.255 e. The molecule has 1 aliphatic heterocycles. The summed E-state index contributed by atoms with van der Waals surface area (Å²) in [5.41, 5.74) is 5.59. The molecule has 0 bridgehead atoms. The van der Waals surface area contributed by atoms with E-state index >= 15 is 0 Å². The van der Waals surface area contributed by atoms with E-state index in [0.717, 1.165) is 28.2 Å². The van der Waals surface area contributed by atoms with Gasteiger partial charge in [-0.25, -0.2) is 0 Å². The second kappa shape index (κ2) is 12.1. The average molecular weight is 534 g/mol. The standard InChI is InChI=1S/C33H35N5O2/c1-24-13-15-28(16-14-24)30-17-18-31(35-34-30)36-19-21-37(22-20-36)32(39)23-38(26(3)27-10-5-4-6-11-27)33(40)29-12-8-7-9-25(29)2/h4-18,26H,19-23H2,1-3H3. The van der Waals surface area contributed by atoms with Crippen molar-refractivity contribution in [3.05, 3.63) is 113 Å². The Morgan fingerprint density at radius 3 is 2.12 bits per heavy atom. The summed E-state index contributed by atoms with van der Waals surface area (Å²) in [4.78, 5) is 32.9. The second-order valence-corrected chi connectivity index (χ2v) is 10.3. The summed E-state index contributed by atoms with van der Waals surface area (Å²) in [6.45, 7) is 8.43. The van der Waals surface area contributed by atoms with E-state index in [2.05, 4.69) is 46.3 Å². The molecule has 0 saturated carbocycles. The number of aryl methyl sites for hydroxylation is 2. The highest BCUT2D eigenvalue weighted by molar-refractivity contribution is 5.98. The minimum Gasteiger partial charge on any atom is -0.352 e. The first-order chi connectivity index (χ1) is 19.4. The Bertz CT molecular complexity index is 1450. The lowest BCUT2D eigenvalue weighted by Gasteiger charge is -2.37. The predicted molar refractivity (Wildman–Crippen MR) is 158 cm³/mol. The van der Waals surface area contributed by atoms with Gasteiger partial charge in [0.2, 0.25) is 5.91 Å². The van der Waals surface area contributed by atoms with Gasteiger partial charge >= 0.3 is 0 Å². The van der Waals surface area contributed by atoms with Crippen LogP contribution in [0.25, 0.3) is 11.3 Å². The number of carbonyl (C=O) groups excluding carboxylic acids is 2. The molecule has 2 heterocycles. The highest BCUT2D eigenvalue weighted by Crippen LogP contribution is 2.24. The number of nitrogens with zero attached hydrogens (tertiary/aromatic N) is 5. The van der Waals surface area contributed by atoms with Gasteiger partial charge in [0.15, 0.2) is 5.82 Å². The molecule has 2 amide bonds. The maximum absolute atomic E-state index is 13.7. The third-order valence-electron chi connectivity index (χ3n) is 7.65. The summed E-state index contributed by atoms with van der Waals surface area (Å²) in [5.74, 6) is 0.618. The van der Waals surface area contributed by atoms with Crippen LogP contribution in [-0.4, -0.2) is 64.5 Å². The van der Waals surface area contributed by atoms with Crippen molar-refractivity contribution >= 4 is 17.6 Å². The highest BCUT2D eigenvalue weighted by atomic mass is 16.2. The van der Waals surface area contributed by atoms with E-state index in [0.29, 0.717) is 31.7 Å². The van der Waals surface area contributed by atoms with Crippen LogP contribution in [0.1, 0.15) is 40.0 Å². The van der Waals surface area contributed by atoms with Gasteiger partial charge in [-0.1, -0.05) is 78.4 Å². The van der Waals surface area contributed by atoms with Gasteiger partial charge < -0.3 is 14.7 Å². The quantitative estimate of drug-likeness (QED) is 0.322. The van der Waals surface area contributed by atoms with E-state index in [1.165, 1.54) is 5.56 Å². The number of anilines is 1. The van der Waals surface area contributed by atoms with Crippen molar-refractivity contribution in [1.29, 1.82) is 0 Å². The minimum atomic E-state index is -0.249. The largest absolute Gasteiger partial charge is 0.352 e. The smallest absolute Gasteiger partial charge is 0.255 e. The third-order valence-corrected chi connectivity index (χ3v) is 7.65. The average Bonchev–Trinajstić information content (AvgIpc) is 3.00. The lowest BCUT2D eigenvalue weighted by atomic mass is 10.0. The van der Waals surface area contributed by atoms with Gasteiger partial charge in [-0.2, -0.15) is 0 Å². The summed E-state index contributed by atoms with van der Waals surface area (Å²) in [7, 11) is 0. The maximum atomic E-state index is 13.7. The van der Waals surface area contributed by atoms with Gasteiger partial charge in [-0.3, -0.25) is 9.59 Å². The van der Waals surface area contributed by atoms with Crippen LogP contribution in [0.5, 0.6) is 0 Å². The lowest BCUT2D eigenvalue weighted by Crippen LogP contribution is -2.52. The van der Waals surface area contributed by atoms with Gasteiger partial charge in [0.25, 0.3) is 5.91 Å². The van der Waals surface area contributed by atoms with Crippen molar-refractivity contribution in [2.45, 2.75) is 26.8 Å². The van der Waals surface area contributed by atoms with Crippen LogP contribution >= 0.6 is 0 Å². The Kier molecular flexibility index (Phi) is 8.20. The molecule has 0 aliphatic carbocycles. The molecule has 0 radical (unpaired) electrons. The molecule has 204 valence electrons. The van der Waals surface area contributed by atoms with E-state index in [4.69, 9.17) is 0 Å². The predicted octanol–water partition coefficient (Wildman–Crippen LogP) is 5.31. The first-order valence-electron chi connectivity index (χ1n) is 13.8. The molecular formula is C33H35N5O2. The number of hydrogen-bond acceptors (Lipinski definition) is 5. The molecule has 5 rings (SSSR count). The molecule has 0 N–H and O–H groups in total. The number of benzene rings is 3. The molecule has 1 saturated heterocycles. The fraction of sp³-hybridized carbons (Fsp3) is 0.273. The molecule has 1 fully saturated rings. The normalized spacial score (nSPS) is 14.1. The first-order valence-corrected chi connectivity index (χ1v) is 13.8. The number of carbonyl (C=O) groups is 2. The highest BCUT2D eigenvalue weighted by Gasteiger charge is 2.29. The van der Waals surface area contributed by atoms with Crippen LogP contribution in [0.2, 0.25) is 0 Å². The number of aromatic nitrogens is 2. The number of amides is 2. The summed E-state index contributed by atoms with van der Waals surface area (Å²) >= 11 is 0. The summed E-state index contributed by atoms with van der Waals surface area (Å²) in [6.07, 6.45) is 0. The van der Waals surface area contributed by atoms with Crippen LogP contribution in [0.3, 0.4) is 0 Å². The zero-order valence-electron chi connectivity index (χ0n) is 23.3. The molecule has 4 aromatic rings. The van der Waals surface area contributed by atoms with E-state index < -0.39 is 0 Å². The monoisotopic (exact) mass is 533 g/mol. The Hall–Kier alpha value is -4.52. The van der Waals surface area contributed by atoms with Crippen molar-refractivity contribution in [3.8, 4) is 11.3 Å². The van der Waals surface area contributed by atoms with Crippen LogP contribution < -0.4 is 4.90 Å². The van der Waals surface area contributed by atoms with E-state index in [1.54, 1.807) is 4.90 Å². The zero-order valence-corrected chi connectivity index (χ0v) is 23.3. The number of rotatable bonds is 7. The second-order valence-electron chi connectivity index (χ2n) is 10.3. The molecule has 7 heteroatoms. The van der Waals surface area contributed by atoms with Crippen molar-refractivity contribution in [3.63, 3.8) is 0 Å². The van der Waals surface area contributed by atoms with E-state index in [9.17, 15) is 9.59 Å². The topological polar surface area (TPSA) is 69.6 Å². The Balaban J connectivity index is 1.25. The number of hydrogen-bond donors (Lipinski definition) is 0. The van der Waals surface area contributed by atoms with Crippen molar-refractivity contribution in [2.24, 2.45) is 0 Å². The molecule has 1 atom stereocenters. The van der Waals surface area contributed by atoms with Gasteiger partial charge in [-0.15, -0.1) is 10.2 Å². The SMILES string of the molecule is Cc1ccc(-c2ccc(N3CCN(C(=O)CN(C(=O)c4ccccc4C)C(C)c4ccccc4)CC3)nn2)cc1. The van der Waals surface area contributed by atoms with E-state index in [-0.39, 0.29) is 24.4 Å². The fourth-order valence-electron chi connectivity index (χ4n) is 5.07.